The second-order valence-corrected chi connectivity index (χ2v) is 5.37. The van der Waals surface area contributed by atoms with Crippen molar-refractivity contribution in [3.05, 3.63) is 57.7 Å². The molecule has 2 aromatic carbocycles. The molecule has 0 amide bonds. The molecule has 2 rings (SSSR count). The molecule has 0 spiro atoms. The molecule has 0 heterocycles. The number of hydrogen-bond donors (Lipinski definition) is 0. The van der Waals surface area contributed by atoms with Gasteiger partial charge >= 0.3 is 0 Å². The fourth-order valence-electron chi connectivity index (χ4n) is 1.69. The van der Waals surface area contributed by atoms with Crippen LogP contribution in [0.2, 0.25) is 0 Å². The van der Waals surface area contributed by atoms with Crippen LogP contribution in [0.4, 0.5) is 0 Å². The van der Waals surface area contributed by atoms with Gasteiger partial charge in [-0.1, -0.05) is 18.2 Å². The highest BCUT2D eigenvalue weighted by Crippen LogP contribution is 2.19. The van der Waals surface area contributed by atoms with Crippen LogP contribution in [0.1, 0.15) is 17.3 Å². The van der Waals surface area contributed by atoms with Crippen molar-refractivity contribution in [2.24, 2.45) is 0 Å². The molecule has 0 N–H and O–H groups in total. The number of carbonyl (C=O) groups is 1. The van der Waals surface area contributed by atoms with Crippen molar-refractivity contribution < 1.29 is 14.3 Å². The minimum absolute atomic E-state index is 0.0240. The Morgan fingerprint density at radius 1 is 1.05 bits per heavy atom. The van der Waals surface area contributed by atoms with E-state index in [0.717, 1.165) is 9.32 Å². The zero-order valence-electron chi connectivity index (χ0n) is 11.1. The third-order valence-electron chi connectivity index (χ3n) is 2.65. The van der Waals surface area contributed by atoms with Crippen molar-refractivity contribution in [3.63, 3.8) is 0 Å². The molecule has 0 aliphatic heterocycles. The topological polar surface area (TPSA) is 35.5 Å². The molecule has 0 fully saturated rings. The predicted molar refractivity (Wildman–Crippen MR) is 86.6 cm³/mol. The van der Waals surface area contributed by atoms with E-state index >= 15 is 0 Å². The molecule has 0 saturated carbocycles. The van der Waals surface area contributed by atoms with Gasteiger partial charge in [-0.3, -0.25) is 4.79 Å². The molecule has 2 aromatic rings. The Morgan fingerprint density at radius 3 is 2.35 bits per heavy atom. The molecule has 0 unspecified atom stereocenters. The average Bonchev–Trinajstić information content (AvgIpc) is 2.46. The van der Waals surface area contributed by atoms with Crippen LogP contribution < -0.4 is 9.47 Å². The van der Waals surface area contributed by atoms with E-state index in [1.54, 1.807) is 6.07 Å². The zero-order valence-corrected chi connectivity index (χ0v) is 13.3. The summed E-state index contributed by atoms with van der Waals surface area (Å²) in [5.41, 5.74) is 0.659. The lowest BCUT2D eigenvalue weighted by molar-refractivity contribution is 0.0921. The maximum atomic E-state index is 12.0. The van der Waals surface area contributed by atoms with E-state index in [2.05, 4.69) is 22.6 Å². The van der Waals surface area contributed by atoms with Gasteiger partial charge in [-0.25, -0.2) is 0 Å². The molecule has 20 heavy (non-hydrogen) atoms. The van der Waals surface area contributed by atoms with Gasteiger partial charge in [0, 0.05) is 15.2 Å². The molecule has 0 aliphatic carbocycles. The second kappa shape index (κ2) is 7.28. The number of Topliss-reactive ketones (excluding diaryl/α,β-unsaturated/α-hetero) is 1. The van der Waals surface area contributed by atoms with Crippen LogP contribution in [-0.4, -0.2) is 19.0 Å². The van der Waals surface area contributed by atoms with Crippen LogP contribution in [0.3, 0.4) is 0 Å². The molecule has 0 bridgehead atoms. The normalized spacial score (nSPS) is 10.1. The number of ketones is 1. The van der Waals surface area contributed by atoms with Gasteiger partial charge in [0.2, 0.25) is 0 Å². The molecule has 0 saturated heterocycles. The van der Waals surface area contributed by atoms with Gasteiger partial charge in [-0.05, 0) is 53.8 Å². The highest BCUT2D eigenvalue weighted by molar-refractivity contribution is 14.1. The summed E-state index contributed by atoms with van der Waals surface area (Å²) < 4.78 is 12.0. The van der Waals surface area contributed by atoms with Gasteiger partial charge in [-0.15, -0.1) is 0 Å². The third-order valence-corrected chi connectivity index (χ3v) is 3.37. The highest BCUT2D eigenvalue weighted by atomic mass is 127. The average molecular weight is 382 g/mol. The lowest BCUT2D eigenvalue weighted by Gasteiger charge is -2.08. The van der Waals surface area contributed by atoms with Crippen LogP contribution in [0.15, 0.2) is 48.5 Å². The van der Waals surface area contributed by atoms with E-state index in [1.807, 2.05) is 49.4 Å². The largest absolute Gasteiger partial charge is 0.494 e. The molecule has 104 valence electrons. The standard InChI is InChI=1S/C16H15IO3/c1-2-19-14-4-3-5-15(10-14)20-11-16(18)12-6-8-13(17)9-7-12/h3-10H,2,11H2,1H3. The Bertz CT molecular complexity index is 579. The van der Waals surface area contributed by atoms with Gasteiger partial charge in [-0.2, -0.15) is 0 Å². The van der Waals surface area contributed by atoms with Crippen molar-refractivity contribution in [3.8, 4) is 11.5 Å². The Hall–Kier alpha value is -1.56. The highest BCUT2D eigenvalue weighted by Gasteiger charge is 2.07. The minimum atomic E-state index is -0.0387. The second-order valence-electron chi connectivity index (χ2n) is 4.13. The van der Waals surface area contributed by atoms with Crippen LogP contribution in [-0.2, 0) is 0 Å². The first kappa shape index (κ1) is 14.8. The summed E-state index contributed by atoms with van der Waals surface area (Å²) in [6, 6.07) is 14.7. The van der Waals surface area contributed by atoms with Gasteiger partial charge in [0.1, 0.15) is 11.5 Å². The molecule has 4 heteroatoms. The number of carbonyl (C=O) groups excluding carboxylic acids is 1. The van der Waals surface area contributed by atoms with Gasteiger partial charge in [0.25, 0.3) is 0 Å². The Labute approximate surface area is 132 Å². The summed E-state index contributed by atoms with van der Waals surface area (Å²) in [6.45, 7) is 2.55. The van der Waals surface area contributed by atoms with Crippen LogP contribution in [0.25, 0.3) is 0 Å². The lowest BCUT2D eigenvalue weighted by atomic mass is 10.1. The summed E-state index contributed by atoms with van der Waals surface area (Å²) >= 11 is 2.21. The fraction of sp³-hybridized carbons (Fsp3) is 0.188. The van der Waals surface area contributed by atoms with Crippen molar-refractivity contribution in [1.29, 1.82) is 0 Å². The van der Waals surface area contributed by atoms with Crippen molar-refractivity contribution in [2.45, 2.75) is 6.92 Å². The monoisotopic (exact) mass is 382 g/mol. The number of halogens is 1. The van der Waals surface area contributed by atoms with Crippen molar-refractivity contribution in [2.75, 3.05) is 13.2 Å². The molecule has 0 aromatic heterocycles. The summed E-state index contributed by atoms with van der Waals surface area (Å²) in [7, 11) is 0. The summed E-state index contributed by atoms with van der Waals surface area (Å²) in [5.74, 6) is 1.34. The van der Waals surface area contributed by atoms with Crippen molar-refractivity contribution in [1.82, 2.24) is 0 Å². The van der Waals surface area contributed by atoms with Crippen LogP contribution in [0.5, 0.6) is 11.5 Å². The molecule has 0 atom stereocenters. The summed E-state index contributed by atoms with van der Waals surface area (Å²) in [6.07, 6.45) is 0. The van der Waals surface area contributed by atoms with E-state index < -0.39 is 0 Å². The fourth-order valence-corrected chi connectivity index (χ4v) is 2.05. The Morgan fingerprint density at radius 2 is 1.70 bits per heavy atom. The van der Waals surface area contributed by atoms with Gasteiger partial charge in [0.15, 0.2) is 12.4 Å². The maximum Gasteiger partial charge on any atom is 0.200 e. The van der Waals surface area contributed by atoms with E-state index in [0.29, 0.717) is 17.9 Å². The zero-order chi connectivity index (χ0) is 14.4. The Kier molecular flexibility index (Phi) is 5.40. The first-order valence-corrected chi connectivity index (χ1v) is 7.41. The summed E-state index contributed by atoms with van der Waals surface area (Å²) in [5, 5.41) is 0. The Balaban J connectivity index is 1.96. The first-order chi connectivity index (χ1) is 9.69. The number of hydrogen-bond acceptors (Lipinski definition) is 3. The molecule has 0 radical (unpaired) electrons. The number of ether oxygens (including phenoxy) is 2. The SMILES string of the molecule is CCOc1cccc(OCC(=O)c2ccc(I)cc2)c1. The van der Waals surface area contributed by atoms with Gasteiger partial charge < -0.3 is 9.47 Å². The van der Waals surface area contributed by atoms with E-state index in [-0.39, 0.29) is 12.4 Å². The molecule has 0 aliphatic rings. The van der Waals surface area contributed by atoms with E-state index in [9.17, 15) is 4.79 Å². The van der Waals surface area contributed by atoms with E-state index in [4.69, 9.17) is 9.47 Å². The van der Waals surface area contributed by atoms with E-state index in [1.165, 1.54) is 0 Å². The third kappa shape index (κ3) is 4.23. The smallest absolute Gasteiger partial charge is 0.200 e. The number of benzene rings is 2. The quantitative estimate of drug-likeness (QED) is 0.561. The minimum Gasteiger partial charge on any atom is -0.494 e. The van der Waals surface area contributed by atoms with Crippen LogP contribution >= 0.6 is 22.6 Å². The maximum absolute atomic E-state index is 12.0. The number of rotatable bonds is 6. The van der Waals surface area contributed by atoms with Crippen LogP contribution in [0, 0.1) is 3.57 Å². The first-order valence-electron chi connectivity index (χ1n) is 6.33. The predicted octanol–water partition coefficient (Wildman–Crippen LogP) is 3.95. The van der Waals surface area contributed by atoms with Gasteiger partial charge in [0.05, 0.1) is 6.61 Å². The lowest BCUT2D eigenvalue weighted by Crippen LogP contribution is -2.11. The van der Waals surface area contributed by atoms with Crippen molar-refractivity contribution >= 4 is 28.4 Å². The molecular formula is C16H15IO3. The summed E-state index contributed by atoms with van der Waals surface area (Å²) in [4.78, 5) is 12.0. The molecular weight excluding hydrogens is 367 g/mol. The molecule has 3 nitrogen and oxygen atoms in total.